The van der Waals surface area contributed by atoms with Crippen LogP contribution in [-0.2, 0) is 11.2 Å². The Morgan fingerprint density at radius 3 is 2.58 bits per heavy atom. The summed E-state index contributed by atoms with van der Waals surface area (Å²) in [5.41, 5.74) is 4.43. The van der Waals surface area contributed by atoms with Crippen LogP contribution in [0.3, 0.4) is 0 Å². The second kappa shape index (κ2) is 7.66. The van der Waals surface area contributed by atoms with Gasteiger partial charge in [-0.15, -0.1) is 11.3 Å². The number of benzene rings is 2. The van der Waals surface area contributed by atoms with Gasteiger partial charge in [0.2, 0.25) is 0 Å². The van der Waals surface area contributed by atoms with Crippen molar-refractivity contribution < 1.29 is 9.90 Å². The number of carbonyl (C=O) groups is 1. The van der Waals surface area contributed by atoms with Crippen molar-refractivity contribution in [2.24, 2.45) is 0 Å². The van der Waals surface area contributed by atoms with Crippen molar-refractivity contribution in [3.05, 3.63) is 62.4 Å². The van der Waals surface area contributed by atoms with Crippen LogP contribution in [0.2, 0.25) is 10.0 Å². The van der Waals surface area contributed by atoms with E-state index in [1.807, 2.05) is 32.0 Å². The Morgan fingerprint density at radius 2 is 1.92 bits per heavy atom. The number of halogens is 2. The van der Waals surface area contributed by atoms with Crippen molar-refractivity contribution >= 4 is 51.3 Å². The predicted molar refractivity (Wildman–Crippen MR) is 105 cm³/mol. The fraction of sp³-hybridized carbons (Fsp3) is 0.158. The van der Waals surface area contributed by atoms with Gasteiger partial charge in [0.15, 0.2) is 5.13 Å². The summed E-state index contributed by atoms with van der Waals surface area (Å²) < 4.78 is 0. The van der Waals surface area contributed by atoms with Gasteiger partial charge < -0.3 is 15.2 Å². The van der Waals surface area contributed by atoms with E-state index in [-0.39, 0.29) is 6.42 Å². The quantitative estimate of drug-likeness (QED) is 0.663. The number of carbonyl (C=O) groups excluding carboxylic acids is 1. The second-order valence-corrected chi connectivity index (χ2v) is 7.82. The highest BCUT2D eigenvalue weighted by molar-refractivity contribution is 7.16. The molecule has 0 unspecified atom stereocenters. The molecule has 0 amide bonds. The van der Waals surface area contributed by atoms with Gasteiger partial charge in [-0.05, 0) is 49.2 Å². The highest BCUT2D eigenvalue weighted by Gasteiger charge is 2.15. The van der Waals surface area contributed by atoms with Gasteiger partial charge in [0.05, 0.1) is 16.4 Å². The molecule has 0 bridgehead atoms. The van der Waals surface area contributed by atoms with E-state index < -0.39 is 5.97 Å². The summed E-state index contributed by atoms with van der Waals surface area (Å²) in [7, 11) is 0. The molecule has 7 heteroatoms. The fourth-order valence-corrected chi connectivity index (χ4v) is 3.91. The number of carboxylic acids is 1. The molecule has 2 aromatic carbocycles. The van der Waals surface area contributed by atoms with Crippen LogP contribution >= 0.6 is 34.5 Å². The van der Waals surface area contributed by atoms with Crippen LogP contribution in [0.1, 0.15) is 16.0 Å². The minimum atomic E-state index is -1.14. The third-order valence-corrected chi connectivity index (χ3v) is 5.47. The maximum Gasteiger partial charge on any atom is 0.188 e. The van der Waals surface area contributed by atoms with Crippen molar-refractivity contribution in [1.82, 2.24) is 4.98 Å². The number of anilines is 2. The van der Waals surface area contributed by atoms with Crippen LogP contribution in [-0.4, -0.2) is 11.0 Å². The average molecular weight is 406 g/mol. The molecule has 4 nitrogen and oxygen atoms in total. The molecule has 3 aromatic rings. The molecule has 0 saturated carbocycles. The van der Waals surface area contributed by atoms with Gasteiger partial charge in [0, 0.05) is 27.9 Å². The Labute approximate surface area is 165 Å². The molecule has 0 aliphatic carbocycles. The molecule has 0 spiro atoms. The molecule has 26 heavy (non-hydrogen) atoms. The zero-order valence-corrected chi connectivity index (χ0v) is 16.4. The van der Waals surface area contributed by atoms with Crippen molar-refractivity contribution in [3.8, 4) is 11.3 Å². The van der Waals surface area contributed by atoms with Crippen molar-refractivity contribution in [1.29, 1.82) is 0 Å². The first-order chi connectivity index (χ1) is 12.3. The van der Waals surface area contributed by atoms with Crippen LogP contribution in [0.15, 0.2) is 36.4 Å². The van der Waals surface area contributed by atoms with Crippen molar-refractivity contribution in [2.75, 3.05) is 5.32 Å². The lowest BCUT2D eigenvalue weighted by Gasteiger charge is -2.06. The summed E-state index contributed by atoms with van der Waals surface area (Å²) in [5.74, 6) is -1.14. The van der Waals surface area contributed by atoms with Gasteiger partial charge in [-0.3, -0.25) is 0 Å². The summed E-state index contributed by atoms with van der Waals surface area (Å²) in [6.45, 7) is 4.04. The Bertz CT molecular complexity index is 986. The number of aliphatic carboxylic acids is 1. The molecule has 0 aliphatic heterocycles. The SMILES string of the molecule is Cc1ccc(-c2nc(Nc3ccc(Cl)cc3Cl)sc2CC(=O)[O-])cc1C. The normalized spacial score (nSPS) is 10.8. The van der Waals surface area contributed by atoms with E-state index in [2.05, 4.69) is 10.3 Å². The van der Waals surface area contributed by atoms with Gasteiger partial charge in [-0.25, -0.2) is 4.98 Å². The Kier molecular flexibility index (Phi) is 5.51. The lowest BCUT2D eigenvalue weighted by molar-refractivity contribution is -0.304. The molecule has 0 atom stereocenters. The summed E-state index contributed by atoms with van der Waals surface area (Å²) >= 11 is 13.4. The summed E-state index contributed by atoms with van der Waals surface area (Å²) in [4.78, 5) is 16.4. The van der Waals surface area contributed by atoms with Gasteiger partial charge in [-0.2, -0.15) is 0 Å². The first-order valence-electron chi connectivity index (χ1n) is 7.82. The third kappa shape index (κ3) is 4.18. The molecule has 1 heterocycles. The Hall–Kier alpha value is -2.08. The zero-order valence-electron chi connectivity index (χ0n) is 14.1. The van der Waals surface area contributed by atoms with E-state index in [4.69, 9.17) is 23.2 Å². The molecule has 134 valence electrons. The molecule has 1 aromatic heterocycles. The Balaban J connectivity index is 2.01. The minimum absolute atomic E-state index is 0.198. The monoisotopic (exact) mass is 405 g/mol. The van der Waals surface area contributed by atoms with Crippen molar-refractivity contribution in [2.45, 2.75) is 20.3 Å². The minimum Gasteiger partial charge on any atom is -0.550 e. The number of hydrogen-bond acceptors (Lipinski definition) is 5. The topological polar surface area (TPSA) is 65.0 Å². The van der Waals surface area contributed by atoms with E-state index >= 15 is 0 Å². The van der Waals surface area contributed by atoms with Gasteiger partial charge in [0.1, 0.15) is 0 Å². The number of hydrogen-bond donors (Lipinski definition) is 1. The van der Waals surface area contributed by atoms with Crippen molar-refractivity contribution in [3.63, 3.8) is 0 Å². The lowest BCUT2D eigenvalue weighted by atomic mass is 10.0. The maximum absolute atomic E-state index is 11.1. The molecule has 1 N–H and O–H groups in total. The van der Waals surface area contributed by atoms with E-state index in [0.717, 1.165) is 16.7 Å². The molecule has 3 rings (SSSR count). The van der Waals surface area contributed by atoms with Gasteiger partial charge in [0.25, 0.3) is 0 Å². The number of rotatable bonds is 5. The lowest BCUT2D eigenvalue weighted by Crippen LogP contribution is -2.24. The molecule has 0 saturated heterocycles. The maximum atomic E-state index is 11.1. The number of aryl methyl sites for hydroxylation is 2. The molecule has 0 aliphatic rings. The van der Waals surface area contributed by atoms with Crippen LogP contribution < -0.4 is 10.4 Å². The third-order valence-electron chi connectivity index (χ3n) is 3.96. The van der Waals surface area contributed by atoms with Crippen LogP contribution in [0.5, 0.6) is 0 Å². The fourth-order valence-electron chi connectivity index (χ4n) is 2.48. The van der Waals surface area contributed by atoms with E-state index in [9.17, 15) is 9.90 Å². The Morgan fingerprint density at radius 1 is 1.15 bits per heavy atom. The largest absolute Gasteiger partial charge is 0.550 e. The van der Waals surface area contributed by atoms with E-state index in [0.29, 0.717) is 31.4 Å². The number of thiazole rings is 1. The van der Waals surface area contributed by atoms with Gasteiger partial charge >= 0.3 is 0 Å². The first-order valence-corrected chi connectivity index (χ1v) is 9.40. The molecule has 0 radical (unpaired) electrons. The highest BCUT2D eigenvalue weighted by atomic mass is 35.5. The zero-order chi connectivity index (χ0) is 18.8. The molecular weight excluding hydrogens is 391 g/mol. The van der Waals surface area contributed by atoms with Crippen LogP contribution in [0.25, 0.3) is 11.3 Å². The summed E-state index contributed by atoms with van der Waals surface area (Å²) in [6.07, 6.45) is -0.198. The highest BCUT2D eigenvalue weighted by Crippen LogP contribution is 2.35. The van der Waals surface area contributed by atoms with Crippen LogP contribution in [0.4, 0.5) is 10.8 Å². The number of nitrogens with one attached hydrogen (secondary N) is 1. The average Bonchev–Trinajstić information content (AvgIpc) is 2.94. The molecular formula is C19H15Cl2N2O2S-. The van der Waals surface area contributed by atoms with Gasteiger partial charge in [-0.1, -0.05) is 35.3 Å². The number of carboxylic acid groups (broad SMARTS) is 1. The second-order valence-electron chi connectivity index (χ2n) is 5.89. The number of aromatic nitrogens is 1. The summed E-state index contributed by atoms with van der Waals surface area (Å²) in [6, 6.07) is 11.0. The predicted octanol–water partition coefficient (Wildman–Crippen LogP) is 4.77. The summed E-state index contributed by atoms with van der Waals surface area (Å²) in [5, 5.41) is 15.8. The number of nitrogens with zero attached hydrogens (tertiary/aromatic N) is 1. The standard InChI is InChI=1S/C19H16Cl2N2O2S/c1-10-3-4-12(7-11(10)2)18-16(9-17(24)25)26-19(23-18)22-15-6-5-13(20)8-14(15)21/h3-8H,9H2,1-2H3,(H,22,23)(H,24,25)/p-1. The first kappa shape index (κ1) is 18.7. The molecule has 0 fully saturated rings. The van der Waals surface area contributed by atoms with Crippen LogP contribution in [0, 0.1) is 13.8 Å². The van der Waals surface area contributed by atoms with E-state index in [1.54, 1.807) is 18.2 Å². The smallest absolute Gasteiger partial charge is 0.188 e. The van der Waals surface area contributed by atoms with E-state index in [1.165, 1.54) is 11.3 Å².